The van der Waals surface area contributed by atoms with Gasteiger partial charge in [-0.3, -0.25) is 14.4 Å². The van der Waals surface area contributed by atoms with E-state index in [-0.39, 0.29) is 12.5 Å². The monoisotopic (exact) mass is 294 g/mol. The molecule has 6 nitrogen and oxygen atoms in total. The van der Waals surface area contributed by atoms with Crippen LogP contribution in [0.15, 0.2) is 0 Å². The fourth-order valence-electron chi connectivity index (χ4n) is 2.71. The Kier molecular flexibility index (Phi) is 5.36. The van der Waals surface area contributed by atoms with Crippen molar-refractivity contribution in [1.82, 2.24) is 19.6 Å². The molecule has 1 saturated heterocycles. The van der Waals surface area contributed by atoms with Crippen LogP contribution in [0.4, 0.5) is 0 Å². The molecule has 1 aromatic heterocycles. The molecule has 0 unspecified atom stereocenters. The van der Waals surface area contributed by atoms with Gasteiger partial charge in [0.15, 0.2) is 0 Å². The van der Waals surface area contributed by atoms with Crippen molar-refractivity contribution in [3.05, 3.63) is 17.0 Å². The molecule has 6 heteroatoms. The fourth-order valence-corrected chi connectivity index (χ4v) is 2.71. The standard InChI is InChI=1S/C15H26N4O2/c1-5-21-11-15(20)19-8-6-18(7-9-19)10-14-12(2)16-17(4)13(14)3/h5-11H2,1-4H3. The Labute approximate surface area is 126 Å². The maximum atomic E-state index is 11.9. The number of aromatic nitrogens is 2. The maximum Gasteiger partial charge on any atom is 0.248 e. The summed E-state index contributed by atoms with van der Waals surface area (Å²) in [6.45, 7) is 11.2. The number of piperazine rings is 1. The van der Waals surface area contributed by atoms with E-state index < -0.39 is 0 Å². The summed E-state index contributed by atoms with van der Waals surface area (Å²) in [4.78, 5) is 16.2. The van der Waals surface area contributed by atoms with Gasteiger partial charge in [-0.05, 0) is 20.8 Å². The van der Waals surface area contributed by atoms with Crippen molar-refractivity contribution in [3.8, 4) is 0 Å². The van der Waals surface area contributed by atoms with Crippen LogP contribution < -0.4 is 0 Å². The van der Waals surface area contributed by atoms with Gasteiger partial charge in [0, 0.05) is 57.6 Å². The average Bonchev–Trinajstić information content (AvgIpc) is 2.72. The van der Waals surface area contributed by atoms with Gasteiger partial charge in [0.1, 0.15) is 6.61 Å². The van der Waals surface area contributed by atoms with E-state index in [1.165, 1.54) is 11.3 Å². The summed E-state index contributed by atoms with van der Waals surface area (Å²) < 4.78 is 7.13. The maximum absolute atomic E-state index is 11.9. The average molecular weight is 294 g/mol. The van der Waals surface area contributed by atoms with Gasteiger partial charge in [0.25, 0.3) is 0 Å². The molecule has 1 aromatic rings. The zero-order chi connectivity index (χ0) is 15.4. The second-order valence-corrected chi connectivity index (χ2v) is 5.57. The van der Waals surface area contributed by atoms with Gasteiger partial charge in [0.05, 0.1) is 5.69 Å². The van der Waals surface area contributed by atoms with E-state index in [0.717, 1.165) is 38.4 Å². The zero-order valence-corrected chi connectivity index (χ0v) is 13.6. The molecule has 0 radical (unpaired) electrons. The van der Waals surface area contributed by atoms with Gasteiger partial charge in [-0.25, -0.2) is 0 Å². The number of carbonyl (C=O) groups is 1. The number of carbonyl (C=O) groups excluding carboxylic acids is 1. The van der Waals surface area contributed by atoms with Gasteiger partial charge in [-0.1, -0.05) is 0 Å². The van der Waals surface area contributed by atoms with E-state index in [2.05, 4.69) is 23.8 Å². The highest BCUT2D eigenvalue weighted by atomic mass is 16.5. The third kappa shape index (κ3) is 3.83. The first-order chi connectivity index (χ1) is 10.0. The summed E-state index contributed by atoms with van der Waals surface area (Å²) in [7, 11) is 1.98. The van der Waals surface area contributed by atoms with Crippen LogP contribution in [0.2, 0.25) is 0 Å². The summed E-state index contributed by atoms with van der Waals surface area (Å²) in [5.41, 5.74) is 3.64. The van der Waals surface area contributed by atoms with E-state index in [1.54, 1.807) is 0 Å². The smallest absolute Gasteiger partial charge is 0.248 e. The molecule has 0 N–H and O–H groups in total. The number of nitrogens with zero attached hydrogens (tertiary/aromatic N) is 4. The lowest BCUT2D eigenvalue weighted by molar-refractivity contribution is -0.137. The van der Waals surface area contributed by atoms with Gasteiger partial charge in [-0.15, -0.1) is 0 Å². The van der Waals surface area contributed by atoms with Gasteiger partial charge in [-0.2, -0.15) is 5.10 Å². The number of ether oxygens (including phenoxy) is 1. The van der Waals surface area contributed by atoms with Crippen LogP contribution in [0.25, 0.3) is 0 Å². The highest BCUT2D eigenvalue weighted by molar-refractivity contribution is 5.77. The van der Waals surface area contributed by atoms with E-state index in [9.17, 15) is 4.79 Å². The minimum atomic E-state index is 0.102. The van der Waals surface area contributed by atoms with Gasteiger partial charge < -0.3 is 9.64 Å². The highest BCUT2D eigenvalue weighted by Gasteiger charge is 2.22. The van der Waals surface area contributed by atoms with Crippen LogP contribution in [0.5, 0.6) is 0 Å². The molecular weight excluding hydrogens is 268 g/mol. The van der Waals surface area contributed by atoms with Crippen LogP contribution in [-0.4, -0.2) is 64.9 Å². The molecule has 0 aliphatic carbocycles. The molecule has 1 aliphatic heterocycles. The van der Waals surface area contributed by atoms with E-state index in [0.29, 0.717) is 6.61 Å². The number of rotatable bonds is 5. The third-order valence-corrected chi connectivity index (χ3v) is 4.20. The Balaban J connectivity index is 1.85. The SMILES string of the molecule is CCOCC(=O)N1CCN(Cc2c(C)nn(C)c2C)CC1. The second-order valence-electron chi connectivity index (χ2n) is 5.57. The Bertz CT molecular complexity index is 490. The molecule has 1 fully saturated rings. The second kappa shape index (κ2) is 7.04. The molecule has 0 atom stereocenters. The highest BCUT2D eigenvalue weighted by Crippen LogP contribution is 2.16. The first kappa shape index (κ1) is 16.0. The summed E-state index contributed by atoms with van der Waals surface area (Å²) in [5.74, 6) is 0.102. The molecule has 0 aromatic carbocycles. The summed E-state index contributed by atoms with van der Waals surface area (Å²) in [6, 6.07) is 0. The molecule has 21 heavy (non-hydrogen) atoms. The van der Waals surface area contributed by atoms with Crippen molar-refractivity contribution in [3.63, 3.8) is 0 Å². The molecule has 1 amide bonds. The lowest BCUT2D eigenvalue weighted by atomic mass is 10.1. The summed E-state index contributed by atoms with van der Waals surface area (Å²) >= 11 is 0. The molecule has 0 bridgehead atoms. The van der Waals surface area contributed by atoms with Crippen molar-refractivity contribution < 1.29 is 9.53 Å². The molecule has 2 heterocycles. The number of hydrogen-bond acceptors (Lipinski definition) is 4. The normalized spacial score (nSPS) is 16.5. The Morgan fingerprint density at radius 3 is 2.43 bits per heavy atom. The molecular formula is C15H26N4O2. The topological polar surface area (TPSA) is 50.6 Å². The molecule has 2 rings (SSSR count). The van der Waals surface area contributed by atoms with Crippen molar-refractivity contribution in [2.45, 2.75) is 27.3 Å². The molecule has 118 valence electrons. The van der Waals surface area contributed by atoms with E-state index in [4.69, 9.17) is 4.74 Å². The van der Waals surface area contributed by atoms with Crippen LogP contribution in [0.1, 0.15) is 23.9 Å². The lowest BCUT2D eigenvalue weighted by Crippen LogP contribution is -2.49. The first-order valence-electron chi connectivity index (χ1n) is 7.59. The van der Waals surface area contributed by atoms with Crippen LogP contribution >= 0.6 is 0 Å². The lowest BCUT2D eigenvalue weighted by Gasteiger charge is -2.34. The number of amides is 1. The quantitative estimate of drug-likeness (QED) is 0.803. The van der Waals surface area contributed by atoms with Gasteiger partial charge in [0.2, 0.25) is 5.91 Å². The fraction of sp³-hybridized carbons (Fsp3) is 0.733. The van der Waals surface area contributed by atoms with E-state index >= 15 is 0 Å². The van der Waals surface area contributed by atoms with Gasteiger partial charge >= 0.3 is 0 Å². The summed E-state index contributed by atoms with van der Waals surface area (Å²) in [5, 5.41) is 4.46. The predicted octanol–water partition coefficient (Wildman–Crippen LogP) is 0.718. The minimum Gasteiger partial charge on any atom is -0.372 e. The Morgan fingerprint density at radius 1 is 1.24 bits per heavy atom. The number of aryl methyl sites for hydroxylation is 2. The largest absolute Gasteiger partial charge is 0.372 e. The van der Waals surface area contributed by atoms with E-state index in [1.807, 2.05) is 23.6 Å². The minimum absolute atomic E-state index is 0.102. The zero-order valence-electron chi connectivity index (χ0n) is 13.6. The Hall–Kier alpha value is -1.40. The molecule has 0 spiro atoms. The van der Waals surface area contributed by atoms with Crippen molar-refractivity contribution in [2.75, 3.05) is 39.4 Å². The van der Waals surface area contributed by atoms with Crippen LogP contribution in [0, 0.1) is 13.8 Å². The molecule has 0 saturated carbocycles. The van der Waals surface area contributed by atoms with Crippen molar-refractivity contribution in [1.29, 1.82) is 0 Å². The summed E-state index contributed by atoms with van der Waals surface area (Å²) in [6.07, 6.45) is 0. The third-order valence-electron chi connectivity index (χ3n) is 4.20. The van der Waals surface area contributed by atoms with Crippen molar-refractivity contribution >= 4 is 5.91 Å². The first-order valence-corrected chi connectivity index (χ1v) is 7.59. The van der Waals surface area contributed by atoms with Crippen LogP contribution in [0.3, 0.4) is 0 Å². The Morgan fingerprint density at radius 2 is 1.90 bits per heavy atom. The predicted molar refractivity (Wildman–Crippen MR) is 81.0 cm³/mol. The molecule has 1 aliphatic rings. The number of hydrogen-bond donors (Lipinski definition) is 0. The van der Waals surface area contributed by atoms with Crippen molar-refractivity contribution in [2.24, 2.45) is 7.05 Å². The van der Waals surface area contributed by atoms with Crippen LogP contribution in [-0.2, 0) is 23.1 Å².